The predicted molar refractivity (Wildman–Crippen MR) is 77.3 cm³/mol. The maximum absolute atomic E-state index is 5.90. The van der Waals surface area contributed by atoms with Gasteiger partial charge in [0.25, 0.3) is 0 Å². The molecule has 0 bridgehead atoms. The minimum Gasteiger partial charge on any atom is -0.374 e. The molecule has 2 fully saturated rings. The molecule has 1 aliphatic heterocycles. The first-order valence-electron chi connectivity index (χ1n) is 7.56. The lowest BCUT2D eigenvalue weighted by molar-refractivity contribution is -0.0373. The van der Waals surface area contributed by atoms with Crippen molar-refractivity contribution in [3.8, 4) is 0 Å². The van der Waals surface area contributed by atoms with Crippen molar-refractivity contribution in [2.75, 3.05) is 39.8 Å². The lowest BCUT2D eigenvalue weighted by Gasteiger charge is -2.34. The fraction of sp³-hybridized carbons (Fsp3) is 0.733. The highest BCUT2D eigenvalue weighted by atomic mass is 16.5. The summed E-state index contributed by atoms with van der Waals surface area (Å²) in [5.74, 6) is 0.890. The van der Waals surface area contributed by atoms with E-state index in [4.69, 9.17) is 4.74 Å². The van der Waals surface area contributed by atoms with Gasteiger partial charge in [0.15, 0.2) is 0 Å². The second kappa shape index (κ2) is 6.61. The molecular formula is C15H24N4O. The maximum atomic E-state index is 5.90. The average molecular weight is 276 g/mol. The standard InChI is InChI=1S/C15H24N4O/c1-18-4-5-20-15(10-18)11-19(8-13-2-3-13)9-14-6-16-12-17-7-14/h6-7,12-13,15H,2-5,8-11H2,1H3. The SMILES string of the molecule is CN1CCOC(CN(Cc2cncnc2)CC2CC2)C1. The zero-order valence-electron chi connectivity index (χ0n) is 12.2. The molecule has 1 saturated carbocycles. The van der Waals surface area contributed by atoms with Crippen LogP contribution in [-0.4, -0.2) is 65.7 Å². The Morgan fingerprint density at radius 1 is 1.30 bits per heavy atom. The number of hydrogen-bond acceptors (Lipinski definition) is 5. The molecule has 1 aliphatic carbocycles. The molecular weight excluding hydrogens is 252 g/mol. The molecule has 2 heterocycles. The Bertz CT molecular complexity index is 410. The van der Waals surface area contributed by atoms with Crippen molar-refractivity contribution in [2.45, 2.75) is 25.5 Å². The second-order valence-electron chi connectivity index (χ2n) is 6.14. The Balaban J connectivity index is 1.57. The number of hydrogen-bond donors (Lipinski definition) is 0. The molecule has 0 N–H and O–H groups in total. The van der Waals surface area contributed by atoms with Gasteiger partial charge >= 0.3 is 0 Å². The average Bonchev–Trinajstić information content (AvgIpc) is 3.24. The Morgan fingerprint density at radius 2 is 2.10 bits per heavy atom. The molecule has 5 nitrogen and oxygen atoms in total. The Kier molecular flexibility index (Phi) is 4.60. The van der Waals surface area contributed by atoms with Crippen molar-refractivity contribution in [3.63, 3.8) is 0 Å². The highest BCUT2D eigenvalue weighted by Gasteiger charge is 2.27. The Hall–Kier alpha value is -1.04. The second-order valence-corrected chi connectivity index (χ2v) is 6.14. The van der Waals surface area contributed by atoms with E-state index in [-0.39, 0.29) is 0 Å². The summed E-state index contributed by atoms with van der Waals surface area (Å²) in [4.78, 5) is 13.1. The molecule has 0 spiro atoms. The van der Waals surface area contributed by atoms with E-state index >= 15 is 0 Å². The third-order valence-electron chi connectivity index (χ3n) is 4.04. The molecule has 0 aromatic carbocycles. The van der Waals surface area contributed by atoms with Gasteiger partial charge < -0.3 is 9.64 Å². The Morgan fingerprint density at radius 3 is 2.80 bits per heavy atom. The van der Waals surface area contributed by atoms with Crippen molar-refractivity contribution in [2.24, 2.45) is 5.92 Å². The van der Waals surface area contributed by atoms with E-state index < -0.39 is 0 Å². The van der Waals surface area contributed by atoms with Crippen LogP contribution < -0.4 is 0 Å². The van der Waals surface area contributed by atoms with Gasteiger partial charge in [0, 0.05) is 50.7 Å². The van der Waals surface area contributed by atoms with Crippen LogP contribution in [0.4, 0.5) is 0 Å². The molecule has 0 radical (unpaired) electrons. The van der Waals surface area contributed by atoms with Crippen LogP contribution in [0.1, 0.15) is 18.4 Å². The number of morpholine rings is 1. The fourth-order valence-electron chi connectivity index (χ4n) is 2.80. The van der Waals surface area contributed by atoms with Crippen molar-refractivity contribution in [1.82, 2.24) is 19.8 Å². The third-order valence-corrected chi connectivity index (χ3v) is 4.04. The van der Waals surface area contributed by atoms with E-state index in [9.17, 15) is 0 Å². The predicted octanol–water partition coefficient (Wildman–Crippen LogP) is 1.02. The number of aromatic nitrogens is 2. The first-order chi connectivity index (χ1) is 9.79. The van der Waals surface area contributed by atoms with E-state index in [0.29, 0.717) is 6.10 Å². The topological polar surface area (TPSA) is 41.5 Å². The largest absolute Gasteiger partial charge is 0.374 e. The van der Waals surface area contributed by atoms with Gasteiger partial charge in [-0.1, -0.05) is 0 Å². The minimum atomic E-state index is 0.331. The van der Waals surface area contributed by atoms with E-state index in [1.54, 1.807) is 6.33 Å². The molecule has 1 saturated heterocycles. The Labute approximate surface area is 121 Å². The number of nitrogens with zero attached hydrogens (tertiary/aromatic N) is 4. The first kappa shape index (κ1) is 13.9. The van der Waals surface area contributed by atoms with E-state index in [2.05, 4.69) is 26.8 Å². The zero-order chi connectivity index (χ0) is 13.8. The lowest BCUT2D eigenvalue weighted by atomic mass is 10.2. The molecule has 0 amide bonds. The molecule has 1 unspecified atom stereocenters. The molecule has 2 aliphatic rings. The summed E-state index contributed by atoms with van der Waals surface area (Å²) >= 11 is 0. The summed E-state index contributed by atoms with van der Waals surface area (Å²) < 4.78 is 5.90. The molecule has 110 valence electrons. The maximum Gasteiger partial charge on any atom is 0.115 e. The first-order valence-corrected chi connectivity index (χ1v) is 7.56. The van der Waals surface area contributed by atoms with Gasteiger partial charge in [0.1, 0.15) is 6.33 Å². The van der Waals surface area contributed by atoms with Crippen molar-refractivity contribution >= 4 is 0 Å². The van der Waals surface area contributed by atoms with Crippen LogP contribution in [0.25, 0.3) is 0 Å². The van der Waals surface area contributed by atoms with Gasteiger partial charge in [0.05, 0.1) is 12.7 Å². The quantitative estimate of drug-likeness (QED) is 0.776. The van der Waals surface area contributed by atoms with Gasteiger partial charge in [-0.2, -0.15) is 0 Å². The van der Waals surface area contributed by atoms with Crippen molar-refractivity contribution in [1.29, 1.82) is 0 Å². The van der Waals surface area contributed by atoms with Crippen LogP contribution in [0.15, 0.2) is 18.7 Å². The van der Waals surface area contributed by atoms with Crippen LogP contribution in [-0.2, 0) is 11.3 Å². The summed E-state index contributed by atoms with van der Waals surface area (Å²) in [5, 5.41) is 0. The fourth-order valence-corrected chi connectivity index (χ4v) is 2.80. The molecule has 1 atom stereocenters. The smallest absolute Gasteiger partial charge is 0.115 e. The van der Waals surface area contributed by atoms with Crippen LogP contribution in [0.5, 0.6) is 0 Å². The van der Waals surface area contributed by atoms with Gasteiger partial charge in [-0.3, -0.25) is 4.90 Å². The zero-order valence-corrected chi connectivity index (χ0v) is 12.2. The number of ether oxygens (including phenoxy) is 1. The van der Waals surface area contributed by atoms with Crippen LogP contribution in [0.3, 0.4) is 0 Å². The lowest BCUT2D eigenvalue weighted by Crippen LogP contribution is -2.46. The number of rotatable bonds is 6. The molecule has 3 rings (SSSR count). The summed E-state index contributed by atoms with van der Waals surface area (Å²) in [7, 11) is 2.17. The van der Waals surface area contributed by atoms with Gasteiger partial charge in [-0.15, -0.1) is 0 Å². The highest BCUT2D eigenvalue weighted by molar-refractivity contribution is 5.02. The molecule has 20 heavy (non-hydrogen) atoms. The minimum absolute atomic E-state index is 0.331. The van der Waals surface area contributed by atoms with Crippen molar-refractivity contribution in [3.05, 3.63) is 24.3 Å². The summed E-state index contributed by atoms with van der Waals surface area (Å²) in [6.45, 7) is 6.06. The van der Waals surface area contributed by atoms with Crippen LogP contribution in [0.2, 0.25) is 0 Å². The van der Waals surface area contributed by atoms with Gasteiger partial charge in [-0.05, 0) is 25.8 Å². The number of likely N-dealkylation sites (N-methyl/N-ethyl adjacent to an activating group) is 1. The van der Waals surface area contributed by atoms with E-state index in [1.165, 1.54) is 24.9 Å². The van der Waals surface area contributed by atoms with Crippen LogP contribution in [0, 0.1) is 5.92 Å². The molecule has 1 aromatic heterocycles. The van der Waals surface area contributed by atoms with E-state index in [1.807, 2.05) is 12.4 Å². The normalized spacial score (nSPS) is 24.2. The summed E-state index contributed by atoms with van der Waals surface area (Å²) in [6.07, 6.45) is 8.52. The van der Waals surface area contributed by atoms with Crippen molar-refractivity contribution < 1.29 is 4.74 Å². The molecule has 1 aromatic rings. The highest BCUT2D eigenvalue weighted by Crippen LogP contribution is 2.30. The van der Waals surface area contributed by atoms with Crippen LogP contribution >= 0.6 is 0 Å². The summed E-state index contributed by atoms with van der Waals surface area (Å²) in [5.41, 5.74) is 1.19. The summed E-state index contributed by atoms with van der Waals surface area (Å²) in [6, 6.07) is 0. The third kappa shape index (κ3) is 4.23. The monoisotopic (exact) mass is 276 g/mol. The molecule has 5 heteroatoms. The van der Waals surface area contributed by atoms with Gasteiger partial charge in [0.2, 0.25) is 0 Å². The van der Waals surface area contributed by atoms with E-state index in [0.717, 1.165) is 38.7 Å². The van der Waals surface area contributed by atoms with Gasteiger partial charge in [-0.25, -0.2) is 9.97 Å².